The number of hydrogen-bond donors (Lipinski definition) is 0. The SMILES string of the molecule is c1ccc(-c2c3ccccc3c(-c3ccc4c5c6sc7ccccc7c6ccc5n(-c5ccccc5)c4c3)c3ccccc23)cc1. The fraction of sp³-hybridized carbons (Fsp3) is 0. The zero-order valence-electron chi connectivity index (χ0n) is 24.9. The molecule has 0 aliphatic heterocycles. The molecule has 10 aromatic rings. The third-order valence-corrected chi connectivity index (χ3v) is 10.8. The molecule has 8 aromatic carbocycles. The van der Waals surface area contributed by atoms with Crippen molar-refractivity contribution in [3.8, 4) is 27.9 Å². The van der Waals surface area contributed by atoms with Crippen LogP contribution in [0.4, 0.5) is 0 Å². The summed E-state index contributed by atoms with van der Waals surface area (Å²) in [6.07, 6.45) is 0. The van der Waals surface area contributed by atoms with Crippen molar-refractivity contribution in [1.82, 2.24) is 4.57 Å². The van der Waals surface area contributed by atoms with Crippen LogP contribution in [0, 0.1) is 0 Å². The molecule has 0 saturated carbocycles. The van der Waals surface area contributed by atoms with Crippen molar-refractivity contribution in [3.05, 3.63) is 164 Å². The Kier molecular flexibility index (Phi) is 5.51. The van der Waals surface area contributed by atoms with Gasteiger partial charge >= 0.3 is 0 Å². The van der Waals surface area contributed by atoms with Gasteiger partial charge in [0.15, 0.2) is 0 Å². The Balaban J connectivity index is 1.34. The molecule has 0 aliphatic rings. The van der Waals surface area contributed by atoms with Gasteiger partial charge in [0.2, 0.25) is 0 Å². The second kappa shape index (κ2) is 9.90. The third kappa shape index (κ3) is 3.62. The maximum Gasteiger partial charge on any atom is 0.0555 e. The fourth-order valence-corrected chi connectivity index (χ4v) is 8.91. The molecule has 0 N–H and O–H groups in total. The molecule has 0 fully saturated rings. The molecular formula is C44H27NS. The van der Waals surface area contributed by atoms with Gasteiger partial charge in [0.25, 0.3) is 0 Å². The Morgan fingerprint density at radius 1 is 0.370 bits per heavy atom. The molecule has 0 aliphatic carbocycles. The van der Waals surface area contributed by atoms with Crippen molar-refractivity contribution in [2.75, 3.05) is 0 Å². The van der Waals surface area contributed by atoms with Crippen molar-refractivity contribution >= 4 is 74.9 Å². The third-order valence-electron chi connectivity index (χ3n) is 9.57. The topological polar surface area (TPSA) is 4.93 Å². The van der Waals surface area contributed by atoms with Crippen LogP contribution in [0.2, 0.25) is 0 Å². The van der Waals surface area contributed by atoms with Crippen LogP contribution in [0.25, 0.3) is 91.5 Å². The highest BCUT2D eigenvalue weighted by Crippen LogP contribution is 2.47. The fourth-order valence-electron chi connectivity index (χ4n) is 7.65. The van der Waals surface area contributed by atoms with Crippen LogP contribution >= 0.6 is 11.3 Å². The van der Waals surface area contributed by atoms with E-state index in [4.69, 9.17) is 0 Å². The molecule has 2 heteroatoms. The lowest BCUT2D eigenvalue weighted by atomic mass is 9.86. The summed E-state index contributed by atoms with van der Waals surface area (Å²) in [6, 6.07) is 60.0. The van der Waals surface area contributed by atoms with Gasteiger partial charge in [-0.25, -0.2) is 0 Å². The van der Waals surface area contributed by atoms with Gasteiger partial charge < -0.3 is 4.57 Å². The van der Waals surface area contributed by atoms with E-state index in [0.717, 1.165) is 0 Å². The van der Waals surface area contributed by atoms with Crippen LogP contribution in [0.1, 0.15) is 0 Å². The molecule has 0 radical (unpaired) electrons. The lowest BCUT2D eigenvalue weighted by Gasteiger charge is -2.18. The van der Waals surface area contributed by atoms with E-state index >= 15 is 0 Å². The van der Waals surface area contributed by atoms with E-state index < -0.39 is 0 Å². The van der Waals surface area contributed by atoms with E-state index in [2.05, 4.69) is 168 Å². The van der Waals surface area contributed by atoms with E-state index in [-0.39, 0.29) is 0 Å². The number of fused-ring (bicyclic) bond motifs is 9. The molecule has 214 valence electrons. The summed E-state index contributed by atoms with van der Waals surface area (Å²) in [5, 5.41) is 10.4. The highest BCUT2D eigenvalue weighted by Gasteiger charge is 2.20. The van der Waals surface area contributed by atoms with Crippen LogP contribution in [0.3, 0.4) is 0 Å². The Labute approximate surface area is 270 Å². The Morgan fingerprint density at radius 2 is 0.913 bits per heavy atom. The van der Waals surface area contributed by atoms with Crippen LogP contribution < -0.4 is 0 Å². The van der Waals surface area contributed by atoms with Gasteiger partial charge in [-0.1, -0.05) is 133 Å². The lowest BCUT2D eigenvalue weighted by Crippen LogP contribution is -1.94. The first-order valence-electron chi connectivity index (χ1n) is 15.8. The molecule has 0 bridgehead atoms. The van der Waals surface area contributed by atoms with Gasteiger partial charge in [-0.2, -0.15) is 0 Å². The van der Waals surface area contributed by atoms with Crippen molar-refractivity contribution in [1.29, 1.82) is 0 Å². The second-order valence-electron chi connectivity index (χ2n) is 12.0. The van der Waals surface area contributed by atoms with Crippen molar-refractivity contribution in [2.45, 2.75) is 0 Å². The molecule has 0 saturated heterocycles. The van der Waals surface area contributed by atoms with Crippen LogP contribution in [-0.2, 0) is 0 Å². The average Bonchev–Trinajstić information content (AvgIpc) is 3.66. The van der Waals surface area contributed by atoms with E-state index in [1.807, 2.05) is 11.3 Å². The van der Waals surface area contributed by atoms with E-state index in [9.17, 15) is 0 Å². The number of benzene rings is 8. The lowest BCUT2D eigenvalue weighted by molar-refractivity contribution is 1.18. The highest BCUT2D eigenvalue weighted by molar-refractivity contribution is 7.26. The maximum absolute atomic E-state index is 2.46. The molecule has 0 atom stereocenters. The summed E-state index contributed by atoms with van der Waals surface area (Å²) in [7, 11) is 0. The number of thiophene rings is 1. The van der Waals surface area contributed by atoms with E-state index in [1.165, 1.54) is 91.5 Å². The number of aromatic nitrogens is 1. The smallest absolute Gasteiger partial charge is 0.0555 e. The number of nitrogens with zero attached hydrogens (tertiary/aromatic N) is 1. The molecule has 46 heavy (non-hydrogen) atoms. The molecule has 0 unspecified atom stereocenters. The van der Waals surface area contributed by atoms with Gasteiger partial charge in [-0.3, -0.25) is 0 Å². The molecule has 10 rings (SSSR count). The summed E-state index contributed by atoms with van der Waals surface area (Å²) in [4.78, 5) is 0. The first kappa shape index (κ1) is 25.6. The van der Waals surface area contributed by atoms with Gasteiger partial charge in [0, 0.05) is 36.6 Å². The molecular weight excluding hydrogens is 575 g/mol. The van der Waals surface area contributed by atoms with Gasteiger partial charge in [0.05, 0.1) is 11.0 Å². The summed E-state index contributed by atoms with van der Waals surface area (Å²) >= 11 is 1.91. The quantitative estimate of drug-likeness (QED) is 0.178. The number of para-hydroxylation sites is 1. The minimum absolute atomic E-state index is 1.18. The van der Waals surface area contributed by atoms with Crippen LogP contribution in [0.15, 0.2) is 164 Å². The molecule has 0 spiro atoms. The van der Waals surface area contributed by atoms with Gasteiger partial charge in [-0.15, -0.1) is 11.3 Å². The molecule has 0 amide bonds. The summed E-state index contributed by atoms with van der Waals surface area (Å²) in [5.41, 5.74) is 8.69. The summed E-state index contributed by atoms with van der Waals surface area (Å²) in [5.74, 6) is 0. The predicted molar refractivity (Wildman–Crippen MR) is 200 cm³/mol. The van der Waals surface area contributed by atoms with Crippen molar-refractivity contribution < 1.29 is 0 Å². The maximum atomic E-state index is 2.46. The minimum atomic E-state index is 1.18. The number of hydrogen-bond acceptors (Lipinski definition) is 1. The summed E-state index contributed by atoms with van der Waals surface area (Å²) in [6.45, 7) is 0. The molecule has 2 aromatic heterocycles. The first-order valence-corrected chi connectivity index (χ1v) is 16.6. The number of rotatable bonds is 3. The van der Waals surface area contributed by atoms with Crippen molar-refractivity contribution in [2.24, 2.45) is 0 Å². The van der Waals surface area contributed by atoms with Crippen molar-refractivity contribution in [3.63, 3.8) is 0 Å². The monoisotopic (exact) mass is 601 g/mol. The average molecular weight is 602 g/mol. The largest absolute Gasteiger partial charge is 0.309 e. The first-order chi connectivity index (χ1) is 22.8. The van der Waals surface area contributed by atoms with E-state index in [1.54, 1.807) is 0 Å². The zero-order valence-corrected chi connectivity index (χ0v) is 25.8. The summed E-state index contributed by atoms with van der Waals surface area (Å²) < 4.78 is 5.15. The normalized spacial score (nSPS) is 11.9. The molecule has 1 nitrogen and oxygen atoms in total. The van der Waals surface area contributed by atoms with Crippen LogP contribution in [0.5, 0.6) is 0 Å². The molecule has 2 heterocycles. The van der Waals surface area contributed by atoms with Crippen LogP contribution in [-0.4, -0.2) is 4.57 Å². The second-order valence-corrected chi connectivity index (χ2v) is 13.1. The minimum Gasteiger partial charge on any atom is -0.309 e. The Hall–Kier alpha value is -5.70. The van der Waals surface area contributed by atoms with Gasteiger partial charge in [-0.05, 0) is 74.1 Å². The Bertz CT molecular complexity index is 2730. The standard InChI is InChI=1S/C44H27NS/c1-3-13-28(14-4-1)41-32-18-7-9-20-34(32)42(35-21-10-8-19-33(35)41)29-23-24-37-39(27-29)45(30-15-5-2-6-16-30)38-26-25-36-31-17-11-12-22-40(31)46-44(36)43(37)38/h1-27H. The zero-order chi connectivity index (χ0) is 30.2. The predicted octanol–water partition coefficient (Wildman–Crippen LogP) is 12.8. The van der Waals surface area contributed by atoms with E-state index in [0.29, 0.717) is 0 Å². The Morgan fingerprint density at radius 3 is 1.59 bits per heavy atom. The van der Waals surface area contributed by atoms with Gasteiger partial charge in [0.1, 0.15) is 0 Å². The highest BCUT2D eigenvalue weighted by atomic mass is 32.1.